The van der Waals surface area contributed by atoms with E-state index in [1.807, 2.05) is 0 Å². The fourth-order valence-corrected chi connectivity index (χ4v) is 4.19. The molecule has 6 heteroatoms. The molecule has 0 spiro atoms. The van der Waals surface area contributed by atoms with E-state index >= 15 is 0 Å². The highest BCUT2D eigenvalue weighted by Crippen LogP contribution is 2.28. The molecule has 0 aliphatic heterocycles. The van der Waals surface area contributed by atoms with Gasteiger partial charge in [0.1, 0.15) is 0 Å². The van der Waals surface area contributed by atoms with Crippen LogP contribution in [0.2, 0.25) is 5.02 Å². The molecule has 0 amide bonds. The molecule has 1 aliphatic carbocycles. The first-order chi connectivity index (χ1) is 8.49. The number of anilines is 1. The molecule has 1 N–H and O–H groups in total. The summed E-state index contributed by atoms with van der Waals surface area (Å²) in [6.45, 7) is 0. The number of benzene rings is 1. The average Bonchev–Trinajstić information content (AvgIpc) is 2.35. The Morgan fingerprint density at radius 2 is 1.89 bits per heavy atom. The Morgan fingerprint density at radius 1 is 1.22 bits per heavy atom. The summed E-state index contributed by atoms with van der Waals surface area (Å²) in [6, 6.07) is 5.06. The van der Waals surface area contributed by atoms with Crippen molar-refractivity contribution in [2.75, 3.05) is 4.72 Å². The molecular formula is C12H15BrClNO2S. The Hall–Kier alpha value is -0.260. The lowest BCUT2D eigenvalue weighted by atomic mass is 10.0. The quantitative estimate of drug-likeness (QED) is 0.887. The van der Waals surface area contributed by atoms with Crippen LogP contribution in [-0.4, -0.2) is 13.7 Å². The van der Waals surface area contributed by atoms with Crippen molar-refractivity contribution in [2.45, 2.75) is 37.4 Å². The van der Waals surface area contributed by atoms with Crippen LogP contribution in [0.4, 0.5) is 5.69 Å². The molecule has 1 aromatic rings. The van der Waals surface area contributed by atoms with Crippen molar-refractivity contribution in [3.63, 3.8) is 0 Å². The van der Waals surface area contributed by atoms with Crippen molar-refractivity contribution < 1.29 is 8.42 Å². The van der Waals surface area contributed by atoms with Crippen LogP contribution in [-0.2, 0) is 10.0 Å². The van der Waals surface area contributed by atoms with E-state index in [1.54, 1.807) is 18.2 Å². The first-order valence-electron chi connectivity index (χ1n) is 5.96. The molecule has 0 unspecified atom stereocenters. The van der Waals surface area contributed by atoms with Crippen molar-refractivity contribution in [1.82, 2.24) is 0 Å². The van der Waals surface area contributed by atoms with Gasteiger partial charge in [-0.2, -0.15) is 0 Å². The molecule has 0 radical (unpaired) electrons. The zero-order valence-electron chi connectivity index (χ0n) is 9.83. The summed E-state index contributed by atoms with van der Waals surface area (Å²) in [4.78, 5) is 0. The SMILES string of the molecule is O=S(=O)(Nc1ccc(Br)c(Cl)c1)C1CCCCC1. The van der Waals surface area contributed by atoms with Crippen molar-refractivity contribution in [1.29, 1.82) is 0 Å². The number of rotatable bonds is 3. The molecule has 2 rings (SSSR count). The normalized spacial score (nSPS) is 17.7. The Labute approximate surface area is 121 Å². The number of halogens is 2. The second-order valence-electron chi connectivity index (χ2n) is 4.54. The predicted octanol–water partition coefficient (Wildman–Crippen LogP) is 4.18. The van der Waals surface area contributed by atoms with E-state index in [9.17, 15) is 8.42 Å². The zero-order valence-corrected chi connectivity index (χ0v) is 13.0. The van der Waals surface area contributed by atoms with Crippen LogP contribution < -0.4 is 4.72 Å². The fourth-order valence-electron chi connectivity index (χ4n) is 2.18. The standard InChI is InChI=1S/C12H15BrClNO2S/c13-11-7-6-9(8-12(11)14)15-18(16,17)10-4-2-1-3-5-10/h6-8,10,15H,1-5H2. The summed E-state index contributed by atoms with van der Waals surface area (Å²) in [5.41, 5.74) is 0.522. The van der Waals surface area contributed by atoms with Gasteiger partial charge in [0, 0.05) is 4.47 Å². The maximum atomic E-state index is 12.2. The third-order valence-electron chi connectivity index (χ3n) is 3.17. The minimum absolute atomic E-state index is 0.270. The minimum atomic E-state index is -3.29. The second-order valence-corrected chi connectivity index (χ2v) is 7.76. The summed E-state index contributed by atoms with van der Waals surface area (Å²) >= 11 is 9.22. The van der Waals surface area contributed by atoms with Crippen molar-refractivity contribution >= 4 is 43.2 Å². The van der Waals surface area contributed by atoms with Gasteiger partial charge in [-0.3, -0.25) is 4.72 Å². The number of hydrogen-bond donors (Lipinski definition) is 1. The number of nitrogens with one attached hydrogen (secondary N) is 1. The summed E-state index contributed by atoms with van der Waals surface area (Å²) in [6.07, 6.45) is 4.62. The topological polar surface area (TPSA) is 46.2 Å². The molecule has 0 saturated heterocycles. The van der Waals surface area contributed by atoms with Gasteiger partial charge in [0.25, 0.3) is 0 Å². The Bertz CT molecular complexity index is 527. The molecule has 3 nitrogen and oxygen atoms in total. The van der Waals surface area contributed by atoms with Crippen LogP contribution in [0.15, 0.2) is 22.7 Å². The molecule has 1 fully saturated rings. The van der Waals surface area contributed by atoms with Crippen LogP contribution in [0.3, 0.4) is 0 Å². The highest BCUT2D eigenvalue weighted by atomic mass is 79.9. The van der Waals surface area contributed by atoms with Crippen LogP contribution in [0.25, 0.3) is 0 Å². The molecule has 0 heterocycles. The van der Waals surface area contributed by atoms with E-state index in [1.165, 1.54) is 0 Å². The highest BCUT2D eigenvalue weighted by molar-refractivity contribution is 9.10. The number of sulfonamides is 1. The molecule has 100 valence electrons. The predicted molar refractivity (Wildman–Crippen MR) is 78.6 cm³/mol. The lowest BCUT2D eigenvalue weighted by molar-refractivity contribution is 0.486. The lowest BCUT2D eigenvalue weighted by Crippen LogP contribution is -2.29. The van der Waals surface area contributed by atoms with Gasteiger partial charge in [0.2, 0.25) is 10.0 Å². The maximum Gasteiger partial charge on any atom is 0.235 e. The minimum Gasteiger partial charge on any atom is -0.283 e. The molecule has 1 saturated carbocycles. The van der Waals surface area contributed by atoms with Gasteiger partial charge in [-0.25, -0.2) is 8.42 Å². The largest absolute Gasteiger partial charge is 0.283 e. The van der Waals surface area contributed by atoms with Crippen molar-refractivity contribution in [3.8, 4) is 0 Å². The zero-order chi connectivity index (χ0) is 13.2. The van der Waals surface area contributed by atoms with Crippen LogP contribution >= 0.6 is 27.5 Å². The average molecular weight is 353 g/mol. The smallest absolute Gasteiger partial charge is 0.235 e. The van der Waals surface area contributed by atoms with Gasteiger partial charge in [-0.05, 0) is 47.0 Å². The lowest BCUT2D eigenvalue weighted by Gasteiger charge is -2.22. The highest BCUT2D eigenvalue weighted by Gasteiger charge is 2.27. The van der Waals surface area contributed by atoms with E-state index in [-0.39, 0.29) is 5.25 Å². The van der Waals surface area contributed by atoms with Crippen molar-refractivity contribution in [2.24, 2.45) is 0 Å². The van der Waals surface area contributed by atoms with Crippen molar-refractivity contribution in [3.05, 3.63) is 27.7 Å². The van der Waals surface area contributed by atoms with E-state index in [0.717, 1.165) is 36.6 Å². The molecule has 0 aromatic heterocycles. The van der Waals surface area contributed by atoms with E-state index < -0.39 is 10.0 Å². The Kier molecular flexibility index (Phi) is 4.56. The summed E-state index contributed by atoms with van der Waals surface area (Å²) < 4.78 is 27.7. The Morgan fingerprint density at radius 3 is 2.50 bits per heavy atom. The third-order valence-corrected chi connectivity index (χ3v) is 6.27. The summed E-state index contributed by atoms with van der Waals surface area (Å²) in [5, 5.41) is 0.229. The summed E-state index contributed by atoms with van der Waals surface area (Å²) in [7, 11) is -3.29. The molecule has 1 aliphatic rings. The van der Waals surface area contributed by atoms with Gasteiger partial charge in [-0.15, -0.1) is 0 Å². The van der Waals surface area contributed by atoms with Crippen LogP contribution in [0, 0.1) is 0 Å². The van der Waals surface area contributed by atoms with Gasteiger partial charge in [0.15, 0.2) is 0 Å². The van der Waals surface area contributed by atoms with E-state index in [0.29, 0.717) is 10.7 Å². The molecule has 0 bridgehead atoms. The second kappa shape index (κ2) is 5.80. The third kappa shape index (κ3) is 3.39. The first-order valence-corrected chi connectivity index (χ1v) is 8.67. The van der Waals surface area contributed by atoms with Gasteiger partial charge in [-0.1, -0.05) is 30.9 Å². The molecule has 18 heavy (non-hydrogen) atoms. The molecule has 1 aromatic carbocycles. The van der Waals surface area contributed by atoms with Crippen LogP contribution in [0.5, 0.6) is 0 Å². The molecular weight excluding hydrogens is 338 g/mol. The van der Waals surface area contributed by atoms with Gasteiger partial charge in [0.05, 0.1) is 16.0 Å². The van der Waals surface area contributed by atoms with E-state index in [4.69, 9.17) is 11.6 Å². The maximum absolute atomic E-state index is 12.2. The summed E-state index contributed by atoms with van der Waals surface area (Å²) in [5.74, 6) is 0. The fraction of sp³-hybridized carbons (Fsp3) is 0.500. The van der Waals surface area contributed by atoms with Gasteiger partial charge >= 0.3 is 0 Å². The monoisotopic (exact) mass is 351 g/mol. The first kappa shape index (κ1) is 14.2. The Balaban J connectivity index is 2.13. The van der Waals surface area contributed by atoms with Crippen LogP contribution in [0.1, 0.15) is 32.1 Å². The number of hydrogen-bond acceptors (Lipinski definition) is 2. The van der Waals surface area contributed by atoms with Gasteiger partial charge < -0.3 is 0 Å². The van der Waals surface area contributed by atoms with E-state index in [2.05, 4.69) is 20.7 Å². The molecule has 0 atom stereocenters.